The summed E-state index contributed by atoms with van der Waals surface area (Å²) in [4.78, 5) is 44.3. The van der Waals surface area contributed by atoms with Crippen molar-refractivity contribution < 1.29 is 14.6 Å². The maximum absolute atomic E-state index is 14.0. The van der Waals surface area contributed by atoms with E-state index in [0.29, 0.717) is 34.7 Å². The van der Waals surface area contributed by atoms with Crippen molar-refractivity contribution >= 4 is 29.0 Å². The van der Waals surface area contributed by atoms with Crippen LogP contribution in [0.25, 0.3) is 0 Å². The Labute approximate surface area is 289 Å². The van der Waals surface area contributed by atoms with Gasteiger partial charge in [-0.25, -0.2) is 14.2 Å². The second kappa shape index (κ2) is 15.5. The first-order valence-electron chi connectivity index (χ1n) is 16.1. The molecule has 1 aliphatic rings. The fraction of sp³-hybridized carbons (Fsp3) is 0.263. The zero-order valence-electron chi connectivity index (χ0n) is 27.7. The summed E-state index contributed by atoms with van der Waals surface area (Å²) in [6.45, 7) is 5.97. The average molecular weight is 682 g/mol. The normalized spacial score (nSPS) is 17.4. The molecular formula is C38H40ClN5O5. The lowest BCUT2D eigenvalue weighted by Gasteiger charge is -2.33. The molecule has 11 heteroatoms. The highest BCUT2D eigenvalue weighted by Crippen LogP contribution is 2.32. The summed E-state index contributed by atoms with van der Waals surface area (Å²) in [5, 5.41) is 14.7. The molecule has 0 saturated heterocycles. The molecular weight excluding hydrogens is 642 g/mol. The highest BCUT2D eigenvalue weighted by Gasteiger charge is 2.33. The Morgan fingerprint density at radius 3 is 2.53 bits per heavy atom. The molecule has 0 radical (unpaired) electrons. The van der Waals surface area contributed by atoms with Crippen LogP contribution in [-0.4, -0.2) is 36.8 Å². The minimum Gasteiger partial charge on any atom is -0.491 e. The standard InChI is InChI=1S/C38H40ClN5O5/c1-25(2)49-34-20-18-31(23-26(34)3)41-35-42-36(46)43(37(47)44(35)24-27-13-16-30(39)17-14-27)22-8-12-32-28(11-7-21-38(32,40)48)15-19-33(45)29-9-5-4-6-10-29/h4-7,9-11,13-21,23,25,32,48H,8,12,22,24,40H2,1-3H3,(H,41,42,46)/t32-,38?/m0/s1. The van der Waals surface area contributed by atoms with Gasteiger partial charge in [0.1, 0.15) is 11.5 Å². The molecule has 5 rings (SSSR count). The maximum Gasteiger partial charge on any atom is 0.354 e. The molecule has 1 aliphatic carbocycles. The number of hydrogen-bond donors (Lipinski definition) is 3. The fourth-order valence-electron chi connectivity index (χ4n) is 5.68. The van der Waals surface area contributed by atoms with Gasteiger partial charge in [-0.15, -0.1) is 0 Å². The average Bonchev–Trinajstić information content (AvgIpc) is 3.06. The van der Waals surface area contributed by atoms with Crippen LogP contribution in [0, 0.1) is 12.8 Å². The number of aliphatic hydroxyl groups is 1. The van der Waals surface area contributed by atoms with Crippen LogP contribution in [0.15, 0.2) is 118 Å². The van der Waals surface area contributed by atoms with Crippen molar-refractivity contribution in [3.63, 3.8) is 0 Å². The first-order valence-corrected chi connectivity index (χ1v) is 16.5. The number of benzene rings is 3. The Balaban J connectivity index is 1.39. The van der Waals surface area contributed by atoms with E-state index in [1.165, 1.54) is 16.7 Å². The summed E-state index contributed by atoms with van der Waals surface area (Å²) in [6, 6.07) is 21.4. The Morgan fingerprint density at radius 2 is 1.84 bits per heavy atom. The number of carbonyl (C=O) groups excluding carboxylic acids is 1. The molecule has 0 saturated carbocycles. The second-order valence-electron chi connectivity index (χ2n) is 12.3. The minimum absolute atomic E-state index is 0.00691. The molecule has 2 atom stereocenters. The zero-order valence-corrected chi connectivity index (χ0v) is 28.4. The summed E-state index contributed by atoms with van der Waals surface area (Å²) < 4.78 is 8.34. The van der Waals surface area contributed by atoms with Gasteiger partial charge in [-0.2, -0.15) is 4.98 Å². The Bertz CT molecular complexity index is 2010. The number of halogens is 1. The number of nitrogens with two attached hydrogens (primary N) is 1. The van der Waals surface area contributed by atoms with Gasteiger partial charge in [-0.3, -0.25) is 15.1 Å². The summed E-state index contributed by atoms with van der Waals surface area (Å²) in [5.41, 5.74) is 6.80. The summed E-state index contributed by atoms with van der Waals surface area (Å²) >= 11 is 6.10. The highest BCUT2D eigenvalue weighted by molar-refractivity contribution is 6.30. The summed E-state index contributed by atoms with van der Waals surface area (Å²) in [7, 11) is 0. The van der Waals surface area contributed by atoms with Crippen molar-refractivity contribution in [3.05, 3.63) is 151 Å². The number of aromatic nitrogens is 3. The van der Waals surface area contributed by atoms with Gasteiger partial charge in [0.05, 0.1) is 12.6 Å². The minimum atomic E-state index is -1.69. The van der Waals surface area contributed by atoms with Gasteiger partial charge in [0, 0.05) is 28.7 Å². The molecule has 4 N–H and O–H groups in total. The number of ketones is 1. The quantitative estimate of drug-likeness (QED) is 0.0897. The van der Waals surface area contributed by atoms with Gasteiger partial charge >= 0.3 is 11.4 Å². The lowest BCUT2D eigenvalue weighted by atomic mass is 9.81. The van der Waals surface area contributed by atoms with Crippen LogP contribution in [0.3, 0.4) is 0 Å². The van der Waals surface area contributed by atoms with E-state index in [1.807, 2.05) is 39.0 Å². The predicted molar refractivity (Wildman–Crippen MR) is 193 cm³/mol. The molecule has 1 aromatic heterocycles. The topological polar surface area (TPSA) is 141 Å². The number of carbonyl (C=O) groups is 1. The van der Waals surface area contributed by atoms with E-state index in [4.69, 9.17) is 22.1 Å². The van der Waals surface area contributed by atoms with Gasteiger partial charge in [0.15, 0.2) is 5.78 Å². The molecule has 254 valence electrons. The third-order valence-corrected chi connectivity index (χ3v) is 8.42. The third-order valence-electron chi connectivity index (χ3n) is 8.17. The molecule has 0 fully saturated rings. The molecule has 4 aromatic rings. The van der Waals surface area contributed by atoms with Gasteiger partial charge < -0.3 is 15.2 Å². The van der Waals surface area contributed by atoms with Gasteiger partial charge in [-0.1, -0.05) is 72.3 Å². The molecule has 0 amide bonds. The van der Waals surface area contributed by atoms with E-state index in [-0.39, 0.29) is 30.9 Å². The highest BCUT2D eigenvalue weighted by atomic mass is 35.5. The zero-order chi connectivity index (χ0) is 35.1. The van der Waals surface area contributed by atoms with E-state index in [9.17, 15) is 19.5 Å². The number of anilines is 2. The number of rotatable bonds is 13. The molecule has 0 spiro atoms. The van der Waals surface area contributed by atoms with Crippen LogP contribution in [0.4, 0.5) is 11.6 Å². The number of nitrogens with zero attached hydrogens (tertiary/aromatic N) is 3. The third kappa shape index (κ3) is 8.91. The molecule has 1 heterocycles. The summed E-state index contributed by atoms with van der Waals surface area (Å²) in [5.74, 6) is 0.0453. The SMILES string of the molecule is Cc1cc(Nc2nc(=O)n(CCC[C@H]3C(C=CC(=O)c4ccccc4)=CC=CC3(N)O)c(=O)n2Cc2ccc(Cl)cc2)ccc1OC(C)C. The van der Waals surface area contributed by atoms with E-state index in [2.05, 4.69) is 10.3 Å². The van der Waals surface area contributed by atoms with E-state index >= 15 is 0 Å². The first-order chi connectivity index (χ1) is 23.4. The number of allylic oxidation sites excluding steroid dienone is 4. The molecule has 3 aromatic carbocycles. The van der Waals surface area contributed by atoms with Gasteiger partial charge in [-0.05, 0) is 92.8 Å². The van der Waals surface area contributed by atoms with Gasteiger partial charge in [0.2, 0.25) is 5.95 Å². The number of nitrogens with one attached hydrogen (secondary N) is 1. The van der Waals surface area contributed by atoms with Crippen LogP contribution in [-0.2, 0) is 13.1 Å². The van der Waals surface area contributed by atoms with Crippen molar-refractivity contribution in [3.8, 4) is 5.75 Å². The van der Waals surface area contributed by atoms with Crippen molar-refractivity contribution in [2.24, 2.45) is 11.7 Å². The molecule has 1 unspecified atom stereocenters. The smallest absolute Gasteiger partial charge is 0.354 e. The second-order valence-corrected chi connectivity index (χ2v) is 12.7. The lowest BCUT2D eigenvalue weighted by molar-refractivity contribution is 0.0442. The van der Waals surface area contributed by atoms with E-state index in [1.54, 1.807) is 72.8 Å². The van der Waals surface area contributed by atoms with Crippen LogP contribution in [0.5, 0.6) is 5.75 Å². The molecule has 0 aliphatic heterocycles. The van der Waals surface area contributed by atoms with E-state index in [0.717, 1.165) is 21.4 Å². The van der Waals surface area contributed by atoms with Crippen LogP contribution >= 0.6 is 11.6 Å². The van der Waals surface area contributed by atoms with Crippen molar-refractivity contribution in [2.45, 2.75) is 58.5 Å². The Morgan fingerprint density at radius 1 is 1.10 bits per heavy atom. The lowest BCUT2D eigenvalue weighted by Crippen LogP contribution is -2.47. The van der Waals surface area contributed by atoms with Crippen LogP contribution < -0.4 is 27.2 Å². The fourth-order valence-corrected chi connectivity index (χ4v) is 5.81. The number of aryl methyl sites for hydroxylation is 1. The summed E-state index contributed by atoms with van der Waals surface area (Å²) in [6.07, 6.45) is 8.67. The maximum atomic E-state index is 14.0. The monoisotopic (exact) mass is 681 g/mol. The largest absolute Gasteiger partial charge is 0.491 e. The van der Waals surface area contributed by atoms with E-state index < -0.39 is 23.0 Å². The number of hydrogen-bond acceptors (Lipinski definition) is 8. The number of ether oxygens (including phenoxy) is 1. The van der Waals surface area contributed by atoms with Crippen molar-refractivity contribution in [1.29, 1.82) is 0 Å². The Hall–Kier alpha value is -5.03. The predicted octanol–water partition coefficient (Wildman–Crippen LogP) is 5.92. The molecule has 0 bridgehead atoms. The van der Waals surface area contributed by atoms with Crippen LogP contribution in [0.2, 0.25) is 5.02 Å². The van der Waals surface area contributed by atoms with Crippen molar-refractivity contribution in [1.82, 2.24) is 14.1 Å². The first kappa shape index (κ1) is 35.3. The van der Waals surface area contributed by atoms with Crippen molar-refractivity contribution in [2.75, 3.05) is 5.32 Å². The Kier molecular flexibility index (Phi) is 11.1. The van der Waals surface area contributed by atoms with Crippen LogP contribution in [0.1, 0.15) is 48.2 Å². The van der Waals surface area contributed by atoms with Gasteiger partial charge in [0.25, 0.3) is 0 Å². The molecule has 10 nitrogen and oxygen atoms in total. The molecule has 49 heavy (non-hydrogen) atoms.